The highest BCUT2D eigenvalue weighted by Gasteiger charge is 2.28. The lowest BCUT2D eigenvalue weighted by Crippen LogP contribution is -2.43. The number of hydrogen-bond acceptors (Lipinski definition) is 4. The zero-order valence-electron chi connectivity index (χ0n) is 10.9. The molecule has 3 N–H and O–H groups in total. The van der Waals surface area contributed by atoms with E-state index in [4.69, 9.17) is 18.0 Å². The van der Waals surface area contributed by atoms with E-state index in [1.54, 1.807) is 0 Å². The Balaban J connectivity index is 2.45. The highest BCUT2D eigenvalue weighted by atomic mass is 32.1. The number of aryl methyl sites for hydroxylation is 2. The lowest BCUT2D eigenvalue weighted by molar-refractivity contribution is 0.238. The Labute approximate surface area is 113 Å². The topological polar surface area (TPSA) is 67.3 Å². The Bertz CT molecular complexity index is 457. The minimum absolute atomic E-state index is 0.140. The first-order valence-corrected chi connectivity index (χ1v) is 6.68. The number of hydrogen-bond donors (Lipinski definition) is 2. The van der Waals surface area contributed by atoms with Crippen LogP contribution in [0.2, 0.25) is 0 Å². The molecule has 1 aromatic heterocycles. The molecule has 0 aliphatic carbocycles. The molecule has 2 rings (SSSR count). The van der Waals surface area contributed by atoms with Gasteiger partial charge in [-0.25, -0.2) is 0 Å². The fourth-order valence-electron chi connectivity index (χ4n) is 2.73. The summed E-state index contributed by atoms with van der Waals surface area (Å²) in [6.45, 7) is 2.98. The number of aromatic nitrogens is 2. The van der Waals surface area contributed by atoms with Crippen LogP contribution in [0.1, 0.15) is 30.5 Å². The summed E-state index contributed by atoms with van der Waals surface area (Å²) in [6, 6.07) is 0.140. The van der Waals surface area contributed by atoms with Gasteiger partial charge in [-0.15, -0.1) is 0 Å². The summed E-state index contributed by atoms with van der Waals surface area (Å²) in [7, 11) is 1.90. The molecule has 1 fully saturated rings. The van der Waals surface area contributed by atoms with Crippen molar-refractivity contribution in [2.45, 2.75) is 32.2 Å². The third-order valence-electron chi connectivity index (χ3n) is 3.55. The van der Waals surface area contributed by atoms with Crippen molar-refractivity contribution in [2.24, 2.45) is 12.8 Å². The van der Waals surface area contributed by atoms with Crippen molar-refractivity contribution < 1.29 is 5.11 Å². The van der Waals surface area contributed by atoms with Gasteiger partial charge in [0.05, 0.1) is 23.9 Å². The van der Waals surface area contributed by atoms with E-state index in [1.165, 1.54) is 0 Å². The molecule has 1 aromatic rings. The van der Waals surface area contributed by atoms with E-state index < -0.39 is 0 Å². The standard InChI is InChI=1S/C12H20N4OS/c1-8-10(11(13)18)12(15(2)14-8)16-6-4-3-5-9(16)7-17/h9,17H,3-7H2,1-2H3,(H2,13,18). The zero-order valence-corrected chi connectivity index (χ0v) is 11.7. The average Bonchev–Trinajstić information content (AvgIpc) is 2.64. The molecule has 0 amide bonds. The summed E-state index contributed by atoms with van der Waals surface area (Å²) in [6.07, 6.45) is 3.27. The molecule has 0 saturated carbocycles. The number of aliphatic hydroxyl groups excluding tert-OH is 1. The van der Waals surface area contributed by atoms with E-state index in [-0.39, 0.29) is 12.6 Å². The second-order valence-electron chi connectivity index (χ2n) is 4.80. The van der Waals surface area contributed by atoms with Crippen LogP contribution in [-0.4, -0.2) is 39.1 Å². The summed E-state index contributed by atoms with van der Waals surface area (Å²) in [5.74, 6) is 0.943. The molecule has 2 heterocycles. The van der Waals surface area contributed by atoms with Crippen LogP contribution < -0.4 is 10.6 Å². The molecule has 0 aromatic carbocycles. The van der Waals surface area contributed by atoms with Gasteiger partial charge >= 0.3 is 0 Å². The minimum Gasteiger partial charge on any atom is -0.394 e. The van der Waals surface area contributed by atoms with Crippen molar-refractivity contribution in [3.8, 4) is 0 Å². The minimum atomic E-state index is 0.140. The van der Waals surface area contributed by atoms with Crippen molar-refractivity contribution in [1.82, 2.24) is 9.78 Å². The second kappa shape index (κ2) is 5.24. The molecule has 1 aliphatic heterocycles. The molecule has 0 radical (unpaired) electrons. The maximum absolute atomic E-state index is 9.51. The number of anilines is 1. The van der Waals surface area contributed by atoms with Crippen molar-refractivity contribution in [1.29, 1.82) is 0 Å². The van der Waals surface area contributed by atoms with E-state index in [0.717, 1.165) is 42.9 Å². The van der Waals surface area contributed by atoms with Crippen LogP contribution in [0.15, 0.2) is 0 Å². The largest absolute Gasteiger partial charge is 0.394 e. The molecular formula is C12H20N4OS. The maximum Gasteiger partial charge on any atom is 0.137 e. The normalized spacial score (nSPS) is 20.2. The van der Waals surface area contributed by atoms with Crippen molar-refractivity contribution in [3.63, 3.8) is 0 Å². The van der Waals surface area contributed by atoms with Crippen LogP contribution in [-0.2, 0) is 7.05 Å². The zero-order chi connectivity index (χ0) is 13.3. The number of piperidine rings is 1. The van der Waals surface area contributed by atoms with Gasteiger partial charge in [-0.2, -0.15) is 5.10 Å². The van der Waals surface area contributed by atoms with Gasteiger partial charge in [-0.3, -0.25) is 4.68 Å². The quantitative estimate of drug-likeness (QED) is 0.791. The maximum atomic E-state index is 9.51. The van der Waals surface area contributed by atoms with Gasteiger partial charge < -0.3 is 15.7 Å². The van der Waals surface area contributed by atoms with Crippen LogP contribution in [0.5, 0.6) is 0 Å². The molecule has 1 unspecified atom stereocenters. The molecular weight excluding hydrogens is 248 g/mol. The molecule has 18 heavy (non-hydrogen) atoms. The number of aliphatic hydroxyl groups is 1. The fourth-order valence-corrected chi connectivity index (χ4v) is 2.97. The van der Waals surface area contributed by atoms with Crippen LogP contribution >= 0.6 is 12.2 Å². The van der Waals surface area contributed by atoms with Gasteiger partial charge in [0.25, 0.3) is 0 Å². The number of nitrogens with zero attached hydrogens (tertiary/aromatic N) is 3. The summed E-state index contributed by atoms with van der Waals surface area (Å²) in [5.41, 5.74) is 7.50. The van der Waals surface area contributed by atoms with E-state index in [0.29, 0.717) is 4.99 Å². The van der Waals surface area contributed by atoms with E-state index >= 15 is 0 Å². The molecule has 6 heteroatoms. The Kier molecular flexibility index (Phi) is 3.87. The summed E-state index contributed by atoms with van der Waals surface area (Å²) < 4.78 is 1.82. The van der Waals surface area contributed by atoms with Gasteiger partial charge in [0, 0.05) is 13.6 Å². The highest BCUT2D eigenvalue weighted by Crippen LogP contribution is 2.29. The van der Waals surface area contributed by atoms with Crippen molar-refractivity contribution in [2.75, 3.05) is 18.1 Å². The number of rotatable bonds is 3. The molecule has 0 bridgehead atoms. The van der Waals surface area contributed by atoms with Crippen molar-refractivity contribution in [3.05, 3.63) is 11.3 Å². The first-order valence-electron chi connectivity index (χ1n) is 6.27. The molecule has 1 aliphatic rings. The van der Waals surface area contributed by atoms with Crippen LogP contribution in [0.25, 0.3) is 0 Å². The Morgan fingerprint density at radius 1 is 1.56 bits per heavy atom. The van der Waals surface area contributed by atoms with Gasteiger partial charge in [0.1, 0.15) is 10.8 Å². The Morgan fingerprint density at radius 3 is 2.89 bits per heavy atom. The molecule has 100 valence electrons. The SMILES string of the molecule is Cc1nn(C)c(N2CCCCC2CO)c1C(N)=S. The predicted octanol–water partition coefficient (Wildman–Crippen LogP) is 0.714. The summed E-state index contributed by atoms with van der Waals surface area (Å²) >= 11 is 5.13. The monoisotopic (exact) mass is 268 g/mol. The van der Waals surface area contributed by atoms with Gasteiger partial charge in [-0.05, 0) is 26.2 Å². The van der Waals surface area contributed by atoms with Crippen LogP contribution in [0.3, 0.4) is 0 Å². The molecule has 1 saturated heterocycles. The third kappa shape index (κ3) is 2.22. The highest BCUT2D eigenvalue weighted by molar-refractivity contribution is 7.80. The smallest absolute Gasteiger partial charge is 0.137 e. The lowest BCUT2D eigenvalue weighted by Gasteiger charge is -2.36. The molecule has 5 nitrogen and oxygen atoms in total. The predicted molar refractivity (Wildman–Crippen MR) is 75.9 cm³/mol. The van der Waals surface area contributed by atoms with Crippen LogP contribution in [0.4, 0.5) is 5.82 Å². The Morgan fingerprint density at radius 2 is 2.28 bits per heavy atom. The first kappa shape index (κ1) is 13.3. The van der Waals surface area contributed by atoms with Gasteiger partial charge in [0.2, 0.25) is 0 Å². The fraction of sp³-hybridized carbons (Fsp3) is 0.667. The Hall–Kier alpha value is -1.14. The van der Waals surface area contributed by atoms with Gasteiger partial charge in [0.15, 0.2) is 0 Å². The van der Waals surface area contributed by atoms with Crippen molar-refractivity contribution >= 4 is 23.0 Å². The van der Waals surface area contributed by atoms with E-state index in [2.05, 4.69) is 10.00 Å². The first-order chi connectivity index (χ1) is 8.56. The molecule has 1 atom stereocenters. The van der Waals surface area contributed by atoms with Crippen LogP contribution in [0, 0.1) is 6.92 Å². The summed E-state index contributed by atoms with van der Waals surface area (Å²) in [5, 5.41) is 13.9. The number of thiocarbonyl (C=S) groups is 1. The number of nitrogens with two attached hydrogens (primary N) is 1. The van der Waals surface area contributed by atoms with E-state index in [1.807, 2.05) is 18.7 Å². The van der Waals surface area contributed by atoms with Gasteiger partial charge in [-0.1, -0.05) is 12.2 Å². The average molecular weight is 268 g/mol. The third-order valence-corrected chi connectivity index (χ3v) is 3.75. The second-order valence-corrected chi connectivity index (χ2v) is 5.24. The lowest BCUT2D eigenvalue weighted by atomic mass is 10.0. The van der Waals surface area contributed by atoms with E-state index in [9.17, 15) is 5.11 Å². The molecule has 0 spiro atoms. The summed E-state index contributed by atoms with van der Waals surface area (Å²) in [4.78, 5) is 2.57.